The highest BCUT2D eigenvalue weighted by atomic mass is 15.3. The number of guanidine groups is 2. The van der Waals surface area contributed by atoms with Crippen molar-refractivity contribution < 1.29 is 0 Å². The summed E-state index contributed by atoms with van der Waals surface area (Å²) in [6.07, 6.45) is 1.74. The molecule has 13 heavy (non-hydrogen) atoms. The molecule has 1 rings (SSSR count). The molecular formula is C6H11N7. The maximum Gasteiger partial charge on any atom is 0.225 e. The topological polar surface area (TPSA) is 121 Å². The molecule has 0 fully saturated rings. The second kappa shape index (κ2) is 3.57. The van der Waals surface area contributed by atoms with E-state index in [4.69, 9.17) is 17.2 Å². The molecule has 0 atom stereocenters. The molecule has 1 aromatic heterocycles. The molecular weight excluding hydrogens is 170 g/mol. The molecule has 0 bridgehead atoms. The first-order valence-electron chi connectivity index (χ1n) is 3.51. The van der Waals surface area contributed by atoms with Gasteiger partial charge in [0.15, 0.2) is 11.8 Å². The van der Waals surface area contributed by atoms with Gasteiger partial charge >= 0.3 is 0 Å². The van der Waals surface area contributed by atoms with Crippen LogP contribution in [0.1, 0.15) is 0 Å². The average molecular weight is 181 g/mol. The molecule has 0 saturated carbocycles. The fourth-order valence-electron chi connectivity index (χ4n) is 0.737. The molecule has 1 aromatic rings. The number of hydrogen-bond acceptors (Lipinski definition) is 2. The zero-order valence-electron chi connectivity index (χ0n) is 7.18. The van der Waals surface area contributed by atoms with Gasteiger partial charge in [0.05, 0.1) is 0 Å². The van der Waals surface area contributed by atoms with Crippen molar-refractivity contribution in [2.24, 2.45) is 34.2 Å². The Morgan fingerprint density at radius 2 is 2.15 bits per heavy atom. The van der Waals surface area contributed by atoms with Crippen LogP contribution in [0.3, 0.4) is 0 Å². The van der Waals surface area contributed by atoms with E-state index in [0.717, 1.165) is 0 Å². The van der Waals surface area contributed by atoms with Crippen LogP contribution in [0.4, 0.5) is 5.82 Å². The SMILES string of the molecule is Cn1ccc(N=C(N)N=C(N)N)n1. The molecule has 0 aromatic carbocycles. The Morgan fingerprint density at radius 3 is 2.62 bits per heavy atom. The van der Waals surface area contributed by atoms with Crippen molar-refractivity contribution in [2.45, 2.75) is 0 Å². The summed E-state index contributed by atoms with van der Waals surface area (Å²) in [6.45, 7) is 0. The third-order valence-corrected chi connectivity index (χ3v) is 1.17. The van der Waals surface area contributed by atoms with E-state index in [9.17, 15) is 0 Å². The van der Waals surface area contributed by atoms with Gasteiger partial charge in [0.1, 0.15) is 0 Å². The van der Waals surface area contributed by atoms with Crippen molar-refractivity contribution in [1.29, 1.82) is 0 Å². The maximum absolute atomic E-state index is 5.37. The lowest BCUT2D eigenvalue weighted by molar-refractivity contribution is 0.769. The van der Waals surface area contributed by atoms with Crippen LogP contribution in [0.15, 0.2) is 22.2 Å². The summed E-state index contributed by atoms with van der Waals surface area (Å²) < 4.78 is 1.60. The van der Waals surface area contributed by atoms with Crippen LogP contribution in [0.25, 0.3) is 0 Å². The van der Waals surface area contributed by atoms with Crippen molar-refractivity contribution >= 4 is 17.7 Å². The van der Waals surface area contributed by atoms with Crippen LogP contribution in [-0.2, 0) is 7.05 Å². The Bertz CT molecular complexity index is 344. The lowest BCUT2D eigenvalue weighted by Gasteiger charge is -1.91. The summed E-state index contributed by atoms with van der Waals surface area (Å²) in [5, 5.41) is 3.96. The number of nitrogens with two attached hydrogens (primary N) is 3. The van der Waals surface area contributed by atoms with Crippen LogP contribution in [0, 0.1) is 0 Å². The molecule has 6 N–H and O–H groups in total. The minimum atomic E-state index is -0.128. The summed E-state index contributed by atoms with van der Waals surface area (Å²) in [5.41, 5.74) is 15.6. The Hall–Kier alpha value is -2.05. The van der Waals surface area contributed by atoms with Crippen LogP contribution in [0.5, 0.6) is 0 Å². The number of rotatable bonds is 1. The van der Waals surface area contributed by atoms with Gasteiger partial charge in [0.25, 0.3) is 0 Å². The van der Waals surface area contributed by atoms with E-state index in [1.807, 2.05) is 0 Å². The molecule has 0 amide bonds. The van der Waals surface area contributed by atoms with Gasteiger partial charge in [0, 0.05) is 19.3 Å². The monoisotopic (exact) mass is 181 g/mol. The van der Waals surface area contributed by atoms with Gasteiger partial charge in [-0.05, 0) is 0 Å². The third-order valence-electron chi connectivity index (χ3n) is 1.17. The highest BCUT2D eigenvalue weighted by molar-refractivity contribution is 5.93. The fourth-order valence-corrected chi connectivity index (χ4v) is 0.737. The zero-order valence-corrected chi connectivity index (χ0v) is 7.18. The Balaban J connectivity index is 2.82. The quantitative estimate of drug-likeness (QED) is 0.366. The van der Waals surface area contributed by atoms with Crippen LogP contribution in [0.2, 0.25) is 0 Å². The summed E-state index contributed by atoms with van der Waals surface area (Å²) >= 11 is 0. The summed E-state index contributed by atoms with van der Waals surface area (Å²) in [4.78, 5) is 7.37. The molecule has 0 aliphatic heterocycles. The van der Waals surface area contributed by atoms with E-state index in [1.165, 1.54) is 0 Å². The van der Waals surface area contributed by atoms with Gasteiger partial charge in [-0.2, -0.15) is 15.1 Å². The molecule has 1 heterocycles. The predicted octanol–water partition coefficient (Wildman–Crippen LogP) is -1.36. The number of aliphatic imine (C=N–C) groups is 2. The Morgan fingerprint density at radius 1 is 1.46 bits per heavy atom. The molecule has 0 spiro atoms. The van der Waals surface area contributed by atoms with E-state index in [1.54, 1.807) is 24.0 Å². The summed E-state index contributed by atoms with van der Waals surface area (Å²) in [5.74, 6) is 0.320. The highest BCUT2D eigenvalue weighted by Crippen LogP contribution is 2.05. The first-order valence-corrected chi connectivity index (χ1v) is 3.51. The zero-order chi connectivity index (χ0) is 9.84. The van der Waals surface area contributed by atoms with E-state index < -0.39 is 0 Å². The van der Waals surface area contributed by atoms with Crippen molar-refractivity contribution in [3.05, 3.63) is 12.3 Å². The molecule has 0 unspecified atom stereocenters. The van der Waals surface area contributed by atoms with Gasteiger partial charge in [-0.3, -0.25) is 4.68 Å². The number of aromatic nitrogens is 2. The van der Waals surface area contributed by atoms with Gasteiger partial charge in [-0.1, -0.05) is 0 Å². The smallest absolute Gasteiger partial charge is 0.225 e. The minimum absolute atomic E-state index is 0.0151. The highest BCUT2D eigenvalue weighted by Gasteiger charge is 1.94. The number of hydrogen-bond donors (Lipinski definition) is 3. The second-order valence-corrected chi connectivity index (χ2v) is 2.35. The lowest BCUT2D eigenvalue weighted by Crippen LogP contribution is -2.26. The van der Waals surface area contributed by atoms with Gasteiger partial charge in [-0.25, -0.2) is 0 Å². The third kappa shape index (κ3) is 2.81. The van der Waals surface area contributed by atoms with E-state index in [2.05, 4.69) is 15.1 Å². The first kappa shape index (κ1) is 9.04. The molecule has 70 valence electrons. The Kier molecular flexibility index (Phi) is 2.48. The summed E-state index contributed by atoms with van der Waals surface area (Å²) in [7, 11) is 1.77. The molecule has 0 aliphatic carbocycles. The van der Waals surface area contributed by atoms with E-state index >= 15 is 0 Å². The normalized spacial score (nSPS) is 11.3. The molecule has 0 saturated heterocycles. The van der Waals surface area contributed by atoms with Gasteiger partial charge in [0.2, 0.25) is 5.96 Å². The fraction of sp³-hybridized carbons (Fsp3) is 0.167. The van der Waals surface area contributed by atoms with Crippen LogP contribution in [-0.4, -0.2) is 21.7 Å². The molecule has 7 nitrogen and oxygen atoms in total. The van der Waals surface area contributed by atoms with Crippen molar-refractivity contribution in [1.82, 2.24) is 9.78 Å². The minimum Gasteiger partial charge on any atom is -0.370 e. The first-order chi connectivity index (χ1) is 6.08. The van der Waals surface area contributed by atoms with Crippen molar-refractivity contribution in [3.63, 3.8) is 0 Å². The second-order valence-electron chi connectivity index (χ2n) is 2.35. The number of nitrogens with zero attached hydrogens (tertiary/aromatic N) is 4. The standard InChI is InChI=1S/C6H11N7/c1-13-3-2-4(12-13)10-6(9)11-5(7)8/h2-3H,1H3,(H6,7,8,9,10,11,12). The molecule has 0 radical (unpaired) electrons. The van der Waals surface area contributed by atoms with Crippen molar-refractivity contribution in [3.8, 4) is 0 Å². The predicted molar refractivity (Wildman–Crippen MR) is 50.3 cm³/mol. The Labute approximate surface area is 74.9 Å². The summed E-state index contributed by atoms with van der Waals surface area (Å²) in [6, 6.07) is 1.69. The van der Waals surface area contributed by atoms with Crippen LogP contribution >= 0.6 is 0 Å². The largest absolute Gasteiger partial charge is 0.370 e. The van der Waals surface area contributed by atoms with Crippen molar-refractivity contribution in [2.75, 3.05) is 0 Å². The lowest BCUT2D eigenvalue weighted by atomic mass is 10.6. The average Bonchev–Trinajstić information content (AvgIpc) is 2.33. The maximum atomic E-state index is 5.37. The van der Waals surface area contributed by atoms with E-state index in [-0.39, 0.29) is 11.9 Å². The molecule has 7 heteroatoms. The number of aryl methyl sites for hydroxylation is 1. The van der Waals surface area contributed by atoms with E-state index in [0.29, 0.717) is 5.82 Å². The van der Waals surface area contributed by atoms with Gasteiger partial charge < -0.3 is 17.2 Å². The molecule has 0 aliphatic rings. The van der Waals surface area contributed by atoms with Crippen LogP contribution < -0.4 is 17.2 Å². The van der Waals surface area contributed by atoms with Gasteiger partial charge in [-0.15, -0.1) is 0 Å².